The largest absolute Gasteiger partial charge is 0.351 e. The second kappa shape index (κ2) is 9.23. The van der Waals surface area contributed by atoms with E-state index < -0.39 is 0 Å². The summed E-state index contributed by atoms with van der Waals surface area (Å²) in [4.78, 5) is 25.3. The summed E-state index contributed by atoms with van der Waals surface area (Å²) < 4.78 is 1.90. The fraction of sp³-hybridized carbons (Fsp3) is 0.417. The van der Waals surface area contributed by atoms with E-state index in [4.69, 9.17) is 0 Å². The van der Waals surface area contributed by atoms with Gasteiger partial charge in [0.15, 0.2) is 0 Å². The number of hydrogen-bond acceptors (Lipinski definition) is 2. The first-order valence-electron chi connectivity index (χ1n) is 10.2. The summed E-state index contributed by atoms with van der Waals surface area (Å²) in [5.41, 5.74) is 1.29. The molecule has 2 atom stereocenters. The molecule has 2 amide bonds. The van der Waals surface area contributed by atoms with Crippen LogP contribution in [0.25, 0.3) is 0 Å². The van der Waals surface area contributed by atoms with Crippen LogP contribution in [0, 0.1) is 10.8 Å². The lowest BCUT2D eigenvalue weighted by Gasteiger charge is -2.47. The van der Waals surface area contributed by atoms with Gasteiger partial charge >= 0.3 is 0 Å². The highest BCUT2D eigenvalue weighted by Gasteiger charge is 2.41. The van der Waals surface area contributed by atoms with Gasteiger partial charge in [0.2, 0.25) is 0 Å². The second-order valence-electron chi connectivity index (χ2n) is 9.43. The van der Waals surface area contributed by atoms with Crippen LogP contribution in [0.2, 0.25) is 0 Å². The number of nitrogens with one attached hydrogen (secondary N) is 2. The highest BCUT2D eigenvalue weighted by Crippen LogP contribution is 2.45. The van der Waals surface area contributed by atoms with E-state index in [2.05, 4.69) is 63.3 Å². The fourth-order valence-corrected chi connectivity index (χ4v) is 5.27. The van der Waals surface area contributed by atoms with E-state index in [1.54, 1.807) is 0 Å². The maximum Gasteiger partial charge on any atom is 0.251 e. The molecule has 0 unspecified atom stereocenters. The molecule has 3 rings (SSSR count). The predicted octanol–water partition coefficient (Wildman–Crippen LogP) is 5.96. The average Bonchev–Trinajstić information content (AvgIpc) is 2.65. The summed E-state index contributed by atoms with van der Waals surface area (Å²) in [5.74, 6) is -0.117. The van der Waals surface area contributed by atoms with Gasteiger partial charge in [-0.05, 0) is 78.6 Å². The number of carbonyl (C=O) groups excluding carboxylic acids is 2. The van der Waals surface area contributed by atoms with Gasteiger partial charge in [-0.2, -0.15) is 0 Å². The molecular formula is C24H28Br2N2O2. The zero-order valence-electron chi connectivity index (χ0n) is 17.6. The van der Waals surface area contributed by atoms with Gasteiger partial charge in [-0.25, -0.2) is 0 Å². The second-order valence-corrected chi connectivity index (χ2v) is 11.3. The quantitative estimate of drug-likeness (QED) is 0.496. The van der Waals surface area contributed by atoms with Crippen LogP contribution in [-0.2, 0) is 0 Å². The van der Waals surface area contributed by atoms with E-state index in [9.17, 15) is 9.59 Å². The van der Waals surface area contributed by atoms with Crippen LogP contribution in [0.15, 0.2) is 57.5 Å². The highest BCUT2D eigenvalue weighted by atomic mass is 79.9. The molecule has 0 radical (unpaired) electrons. The molecule has 6 heteroatoms. The summed E-state index contributed by atoms with van der Waals surface area (Å²) in [7, 11) is 0. The van der Waals surface area contributed by atoms with E-state index in [0.29, 0.717) is 17.7 Å². The third kappa shape index (κ3) is 6.17. The Morgan fingerprint density at radius 1 is 0.867 bits per heavy atom. The summed E-state index contributed by atoms with van der Waals surface area (Å²) in [6.45, 7) is 7.25. The Morgan fingerprint density at radius 3 is 1.90 bits per heavy atom. The van der Waals surface area contributed by atoms with Crippen molar-refractivity contribution >= 4 is 43.7 Å². The van der Waals surface area contributed by atoms with E-state index in [1.807, 2.05) is 48.5 Å². The molecule has 160 valence electrons. The van der Waals surface area contributed by atoms with Gasteiger partial charge in [0, 0.05) is 32.7 Å². The van der Waals surface area contributed by atoms with Crippen LogP contribution >= 0.6 is 31.9 Å². The standard InChI is InChI=1S/C24H28Br2N2O2/c1-23(2)12-20(28-22(30)17-6-10-19(26)11-7-17)13-24(3,14-23)15-27-21(29)16-4-8-18(25)9-5-16/h4-11,20H,12-15H2,1-3H3,(H,27,29)(H,28,30)/t20-,24+/m0/s1. The Balaban J connectivity index is 1.65. The minimum Gasteiger partial charge on any atom is -0.351 e. The Bertz CT molecular complexity index is 910. The van der Waals surface area contributed by atoms with E-state index in [-0.39, 0.29) is 28.7 Å². The van der Waals surface area contributed by atoms with Crippen molar-refractivity contribution in [1.82, 2.24) is 10.6 Å². The smallest absolute Gasteiger partial charge is 0.251 e. The first-order valence-corrected chi connectivity index (χ1v) is 11.7. The highest BCUT2D eigenvalue weighted by molar-refractivity contribution is 9.10. The minimum atomic E-state index is -0.0928. The van der Waals surface area contributed by atoms with Crippen LogP contribution in [0.4, 0.5) is 0 Å². The van der Waals surface area contributed by atoms with Gasteiger partial charge in [-0.1, -0.05) is 52.6 Å². The lowest BCUT2D eigenvalue weighted by atomic mass is 9.62. The molecule has 1 fully saturated rings. The molecule has 30 heavy (non-hydrogen) atoms. The van der Waals surface area contributed by atoms with Crippen LogP contribution < -0.4 is 10.6 Å². The number of rotatable bonds is 5. The number of amides is 2. The maximum absolute atomic E-state index is 12.7. The molecule has 2 N–H and O–H groups in total. The molecule has 1 saturated carbocycles. The van der Waals surface area contributed by atoms with Crippen molar-refractivity contribution in [2.24, 2.45) is 10.8 Å². The third-order valence-electron chi connectivity index (χ3n) is 5.67. The van der Waals surface area contributed by atoms with Gasteiger partial charge in [0.05, 0.1) is 0 Å². The average molecular weight is 536 g/mol. The third-order valence-corrected chi connectivity index (χ3v) is 6.72. The molecule has 4 nitrogen and oxygen atoms in total. The molecule has 0 heterocycles. The van der Waals surface area contributed by atoms with Gasteiger partial charge in [-0.3, -0.25) is 9.59 Å². The summed E-state index contributed by atoms with van der Waals surface area (Å²) in [5, 5.41) is 6.32. The Kier molecular flexibility index (Phi) is 7.08. The minimum absolute atomic E-state index is 0.0496. The Labute approximate surface area is 195 Å². The van der Waals surface area contributed by atoms with Crippen LogP contribution in [0.1, 0.15) is 60.7 Å². The van der Waals surface area contributed by atoms with Crippen molar-refractivity contribution < 1.29 is 9.59 Å². The monoisotopic (exact) mass is 534 g/mol. The number of hydrogen-bond donors (Lipinski definition) is 2. The number of halogens is 2. The van der Waals surface area contributed by atoms with Gasteiger partial charge in [-0.15, -0.1) is 0 Å². The first kappa shape index (κ1) is 23.0. The van der Waals surface area contributed by atoms with Crippen molar-refractivity contribution in [3.05, 3.63) is 68.6 Å². The van der Waals surface area contributed by atoms with E-state index >= 15 is 0 Å². The fourth-order valence-electron chi connectivity index (χ4n) is 4.74. The maximum atomic E-state index is 12.7. The lowest BCUT2D eigenvalue weighted by Crippen LogP contribution is -2.50. The van der Waals surface area contributed by atoms with Crippen LogP contribution in [-0.4, -0.2) is 24.4 Å². The number of carbonyl (C=O) groups is 2. The Morgan fingerprint density at radius 2 is 1.37 bits per heavy atom. The van der Waals surface area contributed by atoms with Crippen LogP contribution in [0.5, 0.6) is 0 Å². The first-order chi connectivity index (χ1) is 14.1. The molecule has 2 aromatic rings. The predicted molar refractivity (Wildman–Crippen MR) is 128 cm³/mol. The lowest BCUT2D eigenvalue weighted by molar-refractivity contribution is 0.0592. The molecule has 2 aromatic carbocycles. The zero-order chi connectivity index (χ0) is 21.9. The Hall–Kier alpha value is -1.66. The zero-order valence-corrected chi connectivity index (χ0v) is 20.8. The van der Waals surface area contributed by atoms with E-state index in [1.165, 1.54) is 0 Å². The molecule has 1 aliphatic rings. The van der Waals surface area contributed by atoms with Crippen LogP contribution in [0.3, 0.4) is 0 Å². The summed E-state index contributed by atoms with van der Waals surface area (Å²) >= 11 is 6.80. The normalized spacial score (nSPS) is 22.9. The van der Waals surface area contributed by atoms with Crippen molar-refractivity contribution in [3.8, 4) is 0 Å². The van der Waals surface area contributed by atoms with Crippen molar-refractivity contribution in [3.63, 3.8) is 0 Å². The SMILES string of the molecule is CC1(C)C[C@H](NC(=O)c2ccc(Br)cc2)C[C@@](C)(CNC(=O)c2ccc(Br)cc2)C1. The summed E-state index contributed by atoms with van der Waals surface area (Å²) in [6, 6.07) is 14.8. The molecule has 1 aliphatic carbocycles. The van der Waals surface area contributed by atoms with Gasteiger partial charge in [0.25, 0.3) is 11.8 Å². The van der Waals surface area contributed by atoms with Crippen molar-refractivity contribution in [2.45, 2.75) is 46.1 Å². The summed E-state index contributed by atoms with van der Waals surface area (Å²) in [6.07, 6.45) is 2.75. The van der Waals surface area contributed by atoms with Crippen molar-refractivity contribution in [2.75, 3.05) is 6.54 Å². The molecule has 0 aliphatic heterocycles. The molecule has 0 spiro atoms. The van der Waals surface area contributed by atoms with E-state index in [0.717, 1.165) is 28.2 Å². The topological polar surface area (TPSA) is 58.2 Å². The van der Waals surface area contributed by atoms with Crippen molar-refractivity contribution in [1.29, 1.82) is 0 Å². The molecule has 0 saturated heterocycles. The number of benzene rings is 2. The molecular weight excluding hydrogens is 508 g/mol. The van der Waals surface area contributed by atoms with Gasteiger partial charge < -0.3 is 10.6 Å². The molecule has 0 aromatic heterocycles. The molecule has 0 bridgehead atoms. The van der Waals surface area contributed by atoms with Gasteiger partial charge in [0.1, 0.15) is 0 Å².